The molecule has 2 fully saturated rings. The molecule has 1 saturated heterocycles. The van der Waals surface area contributed by atoms with Gasteiger partial charge in [-0.15, -0.1) is 0 Å². The number of oxime groups is 1. The van der Waals surface area contributed by atoms with Crippen LogP contribution < -0.4 is 10.1 Å². The number of hydrogen-bond acceptors (Lipinski definition) is 8. The summed E-state index contributed by atoms with van der Waals surface area (Å²) in [6.07, 6.45) is 3.37. The fourth-order valence-electron chi connectivity index (χ4n) is 5.24. The topological polar surface area (TPSA) is 116 Å². The molecule has 3 aliphatic rings. The molecule has 0 radical (unpaired) electrons. The van der Waals surface area contributed by atoms with Crippen molar-refractivity contribution < 1.29 is 33.4 Å². The van der Waals surface area contributed by atoms with E-state index in [9.17, 15) is 14.4 Å². The lowest BCUT2D eigenvalue weighted by molar-refractivity contribution is -0.164. The Hall–Kier alpha value is -3.30. The summed E-state index contributed by atoms with van der Waals surface area (Å²) in [7, 11) is 0. The molecule has 1 spiro atoms. The summed E-state index contributed by atoms with van der Waals surface area (Å²) in [4.78, 5) is 47.6. The Morgan fingerprint density at radius 1 is 1.08 bits per heavy atom. The van der Waals surface area contributed by atoms with Crippen molar-refractivity contribution in [3.8, 4) is 5.75 Å². The summed E-state index contributed by atoms with van der Waals surface area (Å²) < 4.78 is 17.2. The largest absolute Gasteiger partial charge is 0.458 e. The van der Waals surface area contributed by atoms with Gasteiger partial charge in [0.05, 0.1) is 13.0 Å². The normalized spacial score (nSPS) is 24.2. The van der Waals surface area contributed by atoms with Crippen molar-refractivity contribution in [3.05, 3.63) is 30.3 Å². The lowest BCUT2D eigenvalue weighted by Crippen LogP contribution is -2.57. The maximum absolute atomic E-state index is 14.1. The van der Waals surface area contributed by atoms with E-state index in [1.807, 2.05) is 51.1 Å². The molecule has 0 aromatic heterocycles. The highest BCUT2D eigenvalue weighted by molar-refractivity contribution is 5.92. The predicted molar refractivity (Wildman–Crippen MR) is 144 cm³/mol. The van der Waals surface area contributed by atoms with Gasteiger partial charge in [-0.05, 0) is 64.0 Å². The second-order valence-electron chi connectivity index (χ2n) is 12.8. The van der Waals surface area contributed by atoms with Gasteiger partial charge in [0, 0.05) is 6.42 Å². The van der Waals surface area contributed by atoms with Gasteiger partial charge < -0.3 is 29.3 Å². The minimum Gasteiger partial charge on any atom is -0.458 e. The lowest BCUT2D eigenvalue weighted by Gasteiger charge is -2.35. The van der Waals surface area contributed by atoms with Crippen LogP contribution in [0.5, 0.6) is 5.75 Å². The Balaban J connectivity index is 1.53. The van der Waals surface area contributed by atoms with Crippen molar-refractivity contribution >= 4 is 23.9 Å². The van der Waals surface area contributed by atoms with E-state index in [1.54, 1.807) is 20.8 Å². The van der Waals surface area contributed by atoms with Gasteiger partial charge in [0.2, 0.25) is 11.8 Å². The number of carbonyl (C=O) groups is 3. The molecule has 4 rings (SSSR count). The van der Waals surface area contributed by atoms with Crippen LogP contribution in [0.25, 0.3) is 0 Å². The van der Waals surface area contributed by atoms with Crippen molar-refractivity contribution in [2.45, 2.75) is 109 Å². The number of esters is 1. The van der Waals surface area contributed by atoms with Crippen LogP contribution in [0.1, 0.15) is 80.1 Å². The number of nitrogens with zero attached hydrogens (tertiary/aromatic N) is 2. The molecule has 2 unspecified atom stereocenters. The monoisotopic (exact) mass is 543 g/mol. The van der Waals surface area contributed by atoms with Crippen LogP contribution in [-0.4, -0.2) is 64.7 Å². The van der Waals surface area contributed by atoms with Crippen molar-refractivity contribution in [2.75, 3.05) is 6.54 Å². The van der Waals surface area contributed by atoms with E-state index in [4.69, 9.17) is 19.0 Å². The molecule has 1 N–H and O–H groups in total. The molecule has 1 saturated carbocycles. The lowest BCUT2D eigenvalue weighted by atomic mass is 9.85. The molecule has 10 heteroatoms. The van der Waals surface area contributed by atoms with Gasteiger partial charge in [0.25, 0.3) is 0 Å². The van der Waals surface area contributed by atoms with E-state index >= 15 is 0 Å². The number of likely N-dealkylation sites (tertiary alicyclic amines) is 1. The number of hydrogen-bond donors (Lipinski definition) is 1. The zero-order chi connectivity index (χ0) is 28.4. The fourth-order valence-corrected chi connectivity index (χ4v) is 5.24. The van der Waals surface area contributed by atoms with Gasteiger partial charge in [-0.1, -0.05) is 44.1 Å². The molecular weight excluding hydrogens is 502 g/mol. The van der Waals surface area contributed by atoms with Crippen molar-refractivity contribution in [2.24, 2.45) is 10.6 Å². The number of benzene rings is 1. The summed E-state index contributed by atoms with van der Waals surface area (Å²) in [6.45, 7) is 11.0. The molecular formula is C29H41N3O7. The number of carbonyl (C=O) groups excluding carboxylic acids is 3. The van der Waals surface area contributed by atoms with Crippen molar-refractivity contribution in [1.29, 1.82) is 0 Å². The van der Waals surface area contributed by atoms with Crippen LogP contribution in [0.4, 0.5) is 4.79 Å². The fraction of sp³-hybridized carbons (Fsp3) is 0.655. The van der Waals surface area contributed by atoms with Crippen molar-refractivity contribution in [3.63, 3.8) is 0 Å². The first-order valence-electron chi connectivity index (χ1n) is 13.7. The molecule has 1 aliphatic carbocycles. The molecule has 3 atom stereocenters. The zero-order valence-electron chi connectivity index (χ0n) is 23.8. The van der Waals surface area contributed by atoms with Crippen LogP contribution in [0, 0.1) is 5.41 Å². The van der Waals surface area contributed by atoms with Crippen LogP contribution in [0.2, 0.25) is 0 Å². The number of ether oxygens (including phenoxy) is 3. The van der Waals surface area contributed by atoms with Crippen LogP contribution in [0.3, 0.4) is 0 Å². The molecule has 1 aromatic carbocycles. The SMILES string of the molecule is CC(C)(C)OC(=O)C1C[C@]2(CC(Oc3ccccc3)=NO2)CN1C(=O)C(NC(=O)OC1CCCC1)C(C)(C)C. The summed E-state index contributed by atoms with van der Waals surface area (Å²) in [5.74, 6) is 0.0444. The minimum atomic E-state index is -0.950. The number of rotatable bonds is 5. The Labute approximate surface area is 230 Å². The second-order valence-corrected chi connectivity index (χ2v) is 12.8. The molecule has 1 aromatic rings. The van der Waals surface area contributed by atoms with Gasteiger partial charge in [-0.25, -0.2) is 9.59 Å². The van der Waals surface area contributed by atoms with Crippen LogP contribution >= 0.6 is 0 Å². The summed E-state index contributed by atoms with van der Waals surface area (Å²) in [5, 5.41) is 6.93. The average Bonchev–Trinajstić information content (AvgIpc) is 3.57. The van der Waals surface area contributed by atoms with E-state index in [1.165, 1.54) is 4.90 Å². The van der Waals surface area contributed by atoms with E-state index in [0.717, 1.165) is 25.7 Å². The first-order valence-corrected chi connectivity index (χ1v) is 13.7. The number of alkyl carbamates (subject to hydrolysis) is 1. The van der Waals surface area contributed by atoms with Crippen LogP contribution in [0.15, 0.2) is 35.5 Å². The summed E-state index contributed by atoms with van der Waals surface area (Å²) in [5.41, 5.74) is -2.36. The van der Waals surface area contributed by atoms with E-state index in [2.05, 4.69) is 10.5 Å². The van der Waals surface area contributed by atoms with Gasteiger partial charge in [-0.2, -0.15) is 0 Å². The smallest absolute Gasteiger partial charge is 0.408 e. The van der Waals surface area contributed by atoms with Crippen molar-refractivity contribution in [1.82, 2.24) is 10.2 Å². The second kappa shape index (κ2) is 11.1. The maximum atomic E-state index is 14.1. The Kier molecular flexibility index (Phi) is 8.14. The zero-order valence-corrected chi connectivity index (χ0v) is 23.8. The highest BCUT2D eigenvalue weighted by Crippen LogP contribution is 2.40. The molecule has 2 heterocycles. The molecule has 39 heavy (non-hydrogen) atoms. The molecule has 2 aliphatic heterocycles. The Bertz CT molecular complexity index is 1090. The number of para-hydroxylation sites is 1. The van der Waals surface area contributed by atoms with Crippen LogP contribution in [-0.2, 0) is 23.9 Å². The van der Waals surface area contributed by atoms with E-state index in [0.29, 0.717) is 11.6 Å². The third-order valence-corrected chi connectivity index (χ3v) is 7.11. The third-order valence-electron chi connectivity index (χ3n) is 7.11. The first-order chi connectivity index (χ1) is 18.2. The van der Waals surface area contributed by atoms with E-state index in [-0.39, 0.29) is 25.5 Å². The molecule has 214 valence electrons. The predicted octanol–water partition coefficient (Wildman–Crippen LogP) is 4.56. The highest BCUT2D eigenvalue weighted by atomic mass is 16.7. The van der Waals surface area contributed by atoms with Gasteiger partial charge in [0.15, 0.2) is 5.60 Å². The highest BCUT2D eigenvalue weighted by Gasteiger charge is 2.56. The van der Waals surface area contributed by atoms with Gasteiger partial charge in [-0.3, -0.25) is 4.79 Å². The average molecular weight is 544 g/mol. The first kappa shape index (κ1) is 28.7. The Morgan fingerprint density at radius 2 is 1.74 bits per heavy atom. The number of amides is 2. The third kappa shape index (κ3) is 7.22. The summed E-state index contributed by atoms with van der Waals surface area (Å²) >= 11 is 0. The number of nitrogens with one attached hydrogen (secondary N) is 1. The summed E-state index contributed by atoms with van der Waals surface area (Å²) in [6, 6.07) is 7.36. The standard InChI is InChI=1S/C29H41N3O7/c1-27(2,3)23(30-26(35)37-20-14-10-11-15-20)24(33)32-18-29(16-21(32)25(34)38-28(4,5)6)17-22(31-39-29)36-19-12-8-7-9-13-19/h7-9,12-13,20-21,23H,10-11,14-18H2,1-6H3,(H,30,35)/t21?,23?,29-/m0/s1. The van der Waals surface area contributed by atoms with Gasteiger partial charge in [0.1, 0.15) is 29.5 Å². The quantitative estimate of drug-likeness (QED) is 0.541. The molecule has 2 amide bonds. The Morgan fingerprint density at radius 3 is 2.36 bits per heavy atom. The molecule has 10 nitrogen and oxygen atoms in total. The van der Waals surface area contributed by atoms with Gasteiger partial charge >= 0.3 is 12.1 Å². The maximum Gasteiger partial charge on any atom is 0.408 e. The van der Waals surface area contributed by atoms with E-state index < -0.39 is 46.7 Å². The minimum absolute atomic E-state index is 0.0901. The molecule has 0 bridgehead atoms.